The van der Waals surface area contributed by atoms with Crippen LogP contribution >= 0.6 is 0 Å². The number of aliphatic carboxylic acids is 2. The molecule has 0 bridgehead atoms. The third kappa shape index (κ3) is 4.14. The fraction of sp³-hybridized carbons (Fsp3) is 0.917. The van der Waals surface area contributed by atoms with Crippen molar-refractivity contribution in [2.75, 3.05) is 27.2 Å². The average molecular weight is 425 g/mol. The highest BCUT2D eigenvalue weighted by molar-refractivity contribution is 5.76. The van der Waals surface area contributed by atoms with Gasteiger partial charge in [-0.05, 0) is 104 Å². The van der Waals surface area contributed by atoms with Gasteiger partial charge in [0.2, 0.25) is 0 Å². The topological polar surface area (TPSA) is 81.1 Å². The molecule has 0 aromatic heterocycles. The maximum absolute atomic E-state index is 13.2. The molecule has 174 valence electrons. The van der Waals surface area contributed by atoms with Crippen molar-refractivity contribution >= 4 is 11.9 Å². The number of hydrogen-bond acceptors (Lipinski definition) is 4. The molecule has 0 amide bonds. The SMILES string of the molecule is CC1C(C(CCCC(=O)O)(C(=O)O)C2CCN(C)C(C)(C)C2C)CCN(C)C1(C)C. The highest BCUT2D eigenvalue weighted by Gasteiger charge is 2.60. The molecule has 4 unspecified atom stereocenters. The van der Waals surface area contributed by atoms with Gasteiger partial charge < -0.3 is 20.0 Å². The number of hydrogen-bond donors (Lipinski definition) is 2. The molecule has 0 spiro atoms. The van der Waals surface area contributed by atoms with E-state index in [1.54, 1.807) is 0 Å². The summed E-state index contributed by atoms with van der Waals surface area (Å²) in [6.45, 7) is 15.0. The monoisotopic (exact) mass is 424 g/mol. The molecule has 6 heteroatoms. The zero-order valence-electron chi connectivity index (χ0n) is 20.4. The van der Waals surface area contributed by atoms with Crippen LogP contribution in [0.3, 0.4) is 0 Å². The van der Waals surface area contributed by atoms with Crippen LogP contribution in [0.1, 0.15) is 73.6 Å². The third-order valence-electron chi connectivity index (χ3n) is 9.66. The molecule has 0 aromatic carbocycles. The van der Waals surface area contributed by atoms with E-state index in [2.05, 4.69) is 65.4 Å². The first-order chi connectivity index (χ1) is 13.7. The summed E-state index contributed by atoms with van der Waals surface area (Å²) in [6, 6.07) is 0. The van der Waals surface area contributed by atoms with Crippen LogP contribution in [0.15, 0.2) is 0 Å². The van der Waals surface area contributed by atoms with E-state index in [4.69, 9.17) is 0 Å². The Morgan fingerprint density at radius 2 is 1.30 bits per heavy atom. The Hall–Kier alpha value is -1.14. The van der Waals surface area contributed by atoms with Crippen molar-refractivity contribution in [2.24, 2.45) is 29.1 Å². The van der Waals surface area contributed by atoms with Gasteiger partial charge in [0.25, 0.3) is 0 Å². The summed E-state index contributed by atoms with van der Waals surface area (Å²) in [5, 5.41) is 20.1. The molecule has 30 heavy (non-hydrogen) atoms. The molecule has 2 aliphatic rings. The first kappa shape index (κ1) is 25.1. The molecule has 2 saturated heterocycles. The zero-order valence-corrected chi connectivity index (χ0v) is 20.4. The van der Waals surface area contributed by atoms with E-state index in [0.29, 0.717) is 12.8 Å². The van der Waals surface area contributed by atoms with Crippen molar-refractivity contribution in [2.45, 2.75) is 84.7 Å². The molecule has 2 fully saturated rings. The zero-order chi connectivity index (χ0) is 23.1. The number of piperidine rings is 2. The van der Waals surface area contributed by atoms with Crippen molar-refractivity contribution in [1.29, 1.82) is 0 Å². The summed E-state index contributed by atoms with van der Waals surface area (Å²) in [5.41, 5.74) is -1.09. The van der Waals surface area contributed by atoms with Gasteiger partial charge in [-0.2, -0.15) is 0 Å². The largest absolute Gasteiger partial charge is 0.481 e. The van der Waals surface area contributed by atoms with Gasteiger partial charge in [-0.25, -0.2) is 0 Å². The minimum atomic E-state index is -0.897. The number of likely N-dealkylation sites (tertiary alicyclic amines) is 2. The van der Waals surface area contributed by atoms with E-state index < -0.39 is 17.4 Å². The van der Waals surface area contributed by atoms with Crippen molar-refractivity contribution in [3.05, 3.63) is 0 Å². The smallest absolute Gasteiger partial charge is 0.310 e. The van der Waals surface area contributed by atoms with E-state index in [1.165, 1.54) is 0 Å². The second-order valence-corrected chi connectivity index (χ2v) is 11.1. The van der Waals surface area contributed by atoms with Crippen LogP contribution in [-0.2, 0) is 9.59 Å². The Morgan fingerprint density at radius 1 is 0.900 bits per heavy atom. The highest BCUT2D eigenvalue weighted by Crippen LogP contribution is 2.57. The maximum atomic E-state index is 13.2. The van der Waals surface area contributed by atoms with E-state index in [1.807, 2.05) is 0 Å². The summed E-state index contributed by atoms with van der Waals surface area (Å²) in [6.07, 6.45) is 2.59. The van der Waals surface area contributed by atoms with Crippen LogP contribution in [0.5, 0.6) is 0 Å². The molecular weight excluding hydrogens is 380 g/mol. The summed E-state index contributed by atoms with van der Waals surface area (Å²) < 4.78 is 0. The van der Waals surface area contributed by atoms with E-state index in [-0.39, 0.29) is 41.2 Å². The van der Waals surface area contributed by atoms with Gasteiger partial charge in [0.05, 0.1) is 5.41 Å². The van der Waals surface area contributed by atoms with Gasteiger partial charge >= 0.3 is 11.9 Å². The van der Waals surface area contributed by atoms with Crippen LogP contribution < -0.4 is 0 Å². The average Bonchev–Trinajstić information content (AvgIpc) is 2.63. The lowest BCUT2D eigenvalue weighted by Crippen LogP contribution is -2.64. The minimum absolute atomic E-state index is 0.0293. The highest BCUT2D eigenvalue weighted by atomic mass is 16.4. The molecule has 4 atom stereocenters. The first-order valence-corrected chi connectivity index (χ1v) is 11.6. The van der Waals surface area contributed by atoms with Crippen molar-refractivity contribution in [3.63, 3.8) is 0 Å². The number of nitrogens with zero attached hydrogens (tertiary/aromatic N) is 2. The molecule has 2 rings (SSSR count). The van der Waals surface area contributed by atoms with Crippen LogP contribution in [0.25, 0.3) is 0 Å². The van der Waals surface area contributed by atoms with Crippen molar-refractivity contribution in [3.8, 4) is 0 Å². The molecular formula is C24H44N2O4. The lowest BCUT2D eigenvalue weighted by molar-refractivity contribution is -0.178. The normalized spacial score (nSPS) is 34.3. The molecule has 2 heterocycles. The Kier molecular flexibility index (Phi) is 7.35. The van der Waals surface area contributed by atoms with E-state index >= 15 is 0 Å². The van der Waals surface area contributed by atoms with Crippen LogP contribution in [-0.4, -0.2) is 70.2 Å². The van der Waals surface area contributed by atoms with E-state index in [9.17, 15) is 19.8 Å². The Morgan fingerprint density at radius 3 is 1.63 bits per heavy atom. The fourth-order valence-electron chi connectivity index (χ4n) is 6.43. The lowest BCUT2D eigenvalue weighted by atomic mass is 9.50. The van der Waals surface area contributed by atoms with Gasteiger partial charge in [0.15, 0.2) is 0 Å². The predicted octanol–water partition coefficient (Wildman–Crippen LogP) is 4.05. The Bertz CT molecular complexity index is 609. The first-order valence-electron chi connectivity index (χ1n) is 11.6. The number of carboxylic acids is 2. The van der Waals surface area contributed by atoms with Gasteiger partial charge in [0, 0.05) is 17.5 Å². The Labute approximate surface area is 183 Å². The summed E-state index contributed by atoms with van der Waals surface area (Å²) in [7, 11) is 4.25. The summed E-state index contributed by atoms with van der Waals surface area (Å²) >= 11 is 0. The standard InChI is InChI=1S/C24H44N2O4/c1-16-18(11-14-25(7)22(16,3)4)24(21(29)30,13-9-10-20(27)28)19-12-15-26(8)23(5,6)17(19)2/h16-19H,9-15H2,1-8H3,(H,27,28)(H,29,30). The van der Waals surface area contributed by atoms with Crippen LogP contribution in [0.4, 0.5) is 0 Å². The lowest BCUT2D eigenvalue weighted by Gasteiger charge is -2.60. The minimum Gasteiger partial charge on any atom is -0.481 e. The maximum Gasteiger partial charge on any atom is 0.310 e. The number of carboxylic acid groups (broad SMARTS) is 2. The summed E-state index contributed by atoms with van der Waals surface area (Å²) in [5.74, 6) is -1.10. The van der Waals surface area contributed by atoms with Gasteiger partial charge in [-0.1, -0.05) is 13.8 Å². The molecule has 2 aliphatic heterocycles. The van der Waals surface area contributed by atoms with Crippen molar-refractivity contribution in [1.82, 2.24) is 9.80 Å². The Balaban J connectivity index is 2.56. The predicted molar refractivity (Wildman–Crippen MR) is 120 cm³/mol. The molecule has 0 aliphatic carbocycles. The molecule has 6 nitrogen and oxygen atoms in total. The fourth-order valence-corrected chi connectivity index (χ4v) is 6.43. The molecule has 0 radical (unpaired) electrons. The van der Waals surface area contributed by atoms with Crippen LogP contribution in [0, 0.1) is 29.1 Å². The molecule has 0 aromatic rings. The van der Waals surface area contributed by atoms with Crippen molar-refractivity contribution < 1.29 is 19.8 Å². The van der Waals surface area contributed by atoms with Gasteiger partial charge in [0.1, 0.15) is 0 Å². The van der Waals surface area contributed by atoms with Gasteiger partial charge in [-0.15, -0.1) is 0 Å². The van der Waals surface area contributed by atoms with Gasteiger partial charge in [-0.3, -0.25) is 9.59 Å². The summed E-state index contributed by atoms with van der Waals surface area (Å²) in [4.78, 5) is 29.2. The second-order valence-electron chi connectivity index (χ2n) is 11.1. The van der Waals surface area contributed by atoms with E-state index in [0.717, 1.165) is 25.9 Å². The number of carbonyl (C=O) groups is 2. The van der Waals surface area contributed by atoms with Crippen LogP contribution in [0.2, 0.25) is 0 Å². The third-order valence-corrected chi connectivity index (χ3v) is 9.66. The molecule has 2 N–H and O–H groups in total. The second kappa shape index (κ2) is 8.78. The quantitative estimate of drug-likeness (QED) is 0.642. The number of rotatable bonds is 7. The molecule has 0 saturated carbocycles.